The van der Waals surface area contributed by atoms with Crippen molar-refractivity contribution in [1.29, 1.82) is 0 Å². The Balaban J connectivity index is 1.98. The molecule has 0 aliphatic carbocycles. The zero-order chi connectivity index (χ0) is 14.5. The van der Waals surface area contributed by atoms with Gasteiger partial charge in [0.15, 0.2) is 0 Å². The molecule has 3 heteroatoms. The van der Waals surface area contributed by atoms with Gasteiger partial charge in [0.2, 0.25) is 0 Å². The van der Waals surface area contributed by atoms with Gasteiger partial charge in [-0.1, -0.05) is 64.8 Å². The number of rotatable bonds is 5. The molecular formula is C17H19BrClN. The van der Waals surface area contributed by atoms with Crippen LogP contribution in [0.2, 0.25) is 5.02 Å². The Morgan fingerprint density at radius 2 is 1.85 bits per heavy atom. The van der Waals surface area contributed by atoms with Gasteiger partial charge in [-0.05, 0) is 42.2 Å². The molecule has 0 heterocycles. The second-order valence-corrected chi connectivity index (χ2v) is 6.26. The van der Waals surface area contributed by atoms with E-state index >= 15 is 0 Å². The highest BCUT2D eigenvalue weighted by Gasteiger charge is 2.06. The Hall–Kier alpha value is -0.830. The average molecular weight is 353 g/mol. The largest absolute Gasteiger partial charge is 0.306 e. The number of benzene rings is 2. The molecule has 0 amide bonds. The van der Waals surface area contributed by atoms with Gasteiger partial charge in [0.05, 0.1) is 0 Å². The lowest BCUT2D eigenvalue weighted by Crippen LogP contribution is -2.18. The van der Waals surface area contributed by atoms with Crippen molar-refractivity contribution in [2.24, 2.45) is 0 Å². The van der Waals surface area contributed by atoms with Gasteiger partial charge in [0, 0.05) is 22.1 Å². The van der Waals surface area contributed by atoms with Gasteiger partial charge in [0.1, 0.15) is 0 Å². The molecule has 0 radical (unpaired) electrons. The quantitative estimate of drug-likeness (QED) is 0.747. The van der Waals surface area contributed by atoms with Crippen molar-refractivity contribution in [3.63, 3.8) is 0 Å². The topological polar surface area (TPSA) is 12.0 Å². The fourth-order valence-corrected chi connectivity index (χ4v) is 2.83. The van der Waals surface area contributed by atoms with Crippen LogP contribution in [0, 0.1) is 0 Å². The minimum absolute atomic E-state index is 0.306. The van der Waals surface area contributed by atoms with Crippen molar-refractivity contribution in [2.75, 3.05) is 0 Å². The molecule has 0 aromatic heterocycles. The molecule has 2 aromatic carbocycles. The van der Waals surface area contributed by atoms with Crippen molar-refractivity contribution < 1.29 is 0 Å². The maximum Gasteiger partial charge on any atom is 0.0462 e. The van der Waals surface area contributed by atoms with E-state index in [1.165, 1.54) is 11.1 Å². The third-order valence-corrected chi connectivity index (χ3v) is 4.35. The third kappa shape index (κ3) is 4.08. The van der Waals surface area contributed by atoms with E-state index in [1.807, 2.05) is 18.2 Å². The Bertz CT molecular complexity index is 566. The Morgan fingerprint density at radius 1 is 1.15 bits per heavy atom. The molecule has 0 aliphatic heterocycles. The van der Waals surface area contributed by atoms with Gasteiger partial charge in [-0.3, -0.25) is 0 Å². The van der Waals surface area contributed by atoms with Crippen LogP contribution in [0.4, 0.5) is 0 Å². The molecule has 20 heavy (non-hydrogen) atoms. The second-order valence-electron chi connectivity index (χ2n) is 4.93. The Labute approximate surface area is 134 Å². The molecule has 2 aromatic rings. The zero-order valence-electron chi connectivity index (χ0n) is 11.8. The van der Waals surface area contributed by atoms with Gasteiger partial charge >= 0.3 is 0 Å². The molecular weight excluding hydrogens is 334 g/mol. The highest BCUT2D eigenvalue weighted by Crippen LogP contribution is 2.22. The number of nitrogens with one attached hydrogen (secondary N) is 1. The van der Waals surface area contributed by atoms with Gasteiger partial charge < -0.3 is 5.32 Å². The van der Waals surface area contributed by atoms with E-state index in [4.69, 9.17) is 11.6 Å². The minimum atomic E-state index is 0.306. The smallest absolute Gasteiger partial charge is 0.0462 e. The molecule has 0 aliphatic rings. The van der Waals surface area contributed by atoms with Crippen LogP contribution >= 0.6 is 27.5 Å². The van der Waals surface area contributed by atoms with E-state index < -0.39 is 0 Å². The minimum Gasteiger partial charge on any atom is -0.306 e. The van der Waals surface area contributed by atoms with Gasteiger partial charge in [-0.25, -0.2) is 0 Å². The molecule has 106 valence electrons. The van der Waals surface area contributed by atoms with Gasteiger partial charge in [0.25, 0.3) is 0 Å². The molecule has 1 unspecified atom stereocenters. The highest BCUT2D eigenvalue weighted by molar-refractivity contribution is 9.10. The van der Waals surface area contributed by atoms with Crippen LogP contribution in [0.5, 0.6) is 0 Å². The number of aryl methyl sites for hydroxylation is 1. The van der Waals surface area contributed by atoms with Crippen molar-refractivity contribution in [1.82, 2.24) is 5.32 Å². The summed E-state index contributed by atoms with van der Waals surface area (Å²) in [5.74, 6) is 0. The monoisotopic (exact) mass is 351 g/mol. The van der Waals surface area contributed by atoms with Crippen molar-refractivity contribution in [3.8, 4) is 0 Å². The molecule has 1 N–H and O–H groups in total. The van der Waals surface area contributed by atoms with Gasteiger partial charge in [-0.15, -0.1) is 0 Å². The lowest BCUT2D eigenvalue weighted by atomic mass is 10.0. The molecule has 1 nitrogen and oxygen atoms in total. The summed E-state index contributed by atoms with van der Waals surface area (Å²) in [6.07, 6.45) is 1.08. The molecule has 0 fully saturated rings. The van der Waals surface area contributed by atoms with Crippen LogP contribution in [0.15, 0.2) is 46.9 Å². The molecule has 0 spiro atoms. The lowest BCUT2D eigenvalue weighted by Gasteiger charge is -2.15. The molecule has 0 saturated carbocycles. The van der Waals surface area contributed by atoms with E-state index in [0.29, 0.717) is 6.04 Å². The summed E-state index contributed by atoms with van der Waals surface area (Å²) in [6, 6.07) is 15.1. The van der Waals surface area contributed by atoms with Crippen LogP contribution in [-0.4, -0.2) is 0 Å². The van der Waals surface area contributed by atoms with Crippen molar-refractivity contribution in [2.45, 2.75) is 32.9 Å². The van der Waals surface area contributed by atoms with Crippen LogP contribution in [-0.2, 0) is 13.0 Å². The first-order valence-corrected chi connectivity index (χ1v) is 8.03. The van der Waals surface area contributed by atoms with Crippen LogP contribution in [0.1, 0.15) is 36.6 Å². The standard InChI is InChI=1S/C17H19BrClN/c1-3-13-4-6-14(7-5-13)12(2)20-11-15-8-9-16(18)10-17(15)19/h4-10,12,20H,3,11H2,1-2H3. The first-order chi connectivity index (χ1) is 9.60. The van der Waals surface area contributed by atoms with Crippen LogP contribution < -0.4 is 5.32 Å². The zero-order valence-corrected chi connectivity index (χ0v) is 14.1. The maximum atomic E-state index is 6.23. The SMILES string of the molecule is CCc1ccc(C(C)NCc2ccc(Br)cc2Cl)cc1. The van der Waals surface area contributed by atoms with E-state index in [1.54, 1.807) is 0 Å². The molecule has 1 atom stereocenters. The number of hydrogen-bond acceptors (Lipinski definition) is 1. The van der Waals surface area contributed by atoms with E-state index in [0.717, 1.165) is 28.0 Å². The normalized spacial score (nSPS) is 12.4. The average Bonchev–Trinajstić information content (AvgIpc) is 2.46. The fourth-order valence-electron chi connectivity index (χ4n) is 2.09. The summed E-state index contributed by atoms with van der Waals surface area (Å²) in [6.45, 7) is 5.11. The van der Waals surface area contributed by atoms with Crippen molar-refractivity contribution >= 4 is 27.5 Å². The lowest BCUT2D eigenvalue weighted by molar-refractivity contribution is 0.574. The summed E-state index contributed by atoms with van der Waals surface area (Å²) in [7, 11) is 0. The summed E-state index contributed by atoms with van der Waals surface area (Å²) in [4.78, 5) is 0. The van der Waals surface area contributed by atoms with Crippen molar-refractivity contribution in [3.05, 3.63) is 68.7 Å². The molecule has 0 saturated heterocycles. The van der Waals surface area contributed by atoms with Gasteiger partial charge in [-0.2, -0.15) is 0 Å². The summed E-state index contributed by atoms with van der Waals surface area (Å²) in [5.41, 5.74) is 3.79. The molecule has 0 bridgehead atoms. The summed E-state index contributed by atoms with van der Waals surface area (Å²) < 4.78 is 1.01. The fraction of sp³-hybridized carbons (Fsp3) is 0.294. The second kappa shape index (κ2) is 7.26. The molecule has 2 rings (SSSR count). The first-order valence-electron chi connectivity index (χ1n) is 6.86. The highest BCUT2D eigenvalue weighted by atomic mass is 79.9. The maximum absolute atomic E-state index is 6.23. The number of hydrogen-bond donors (Lipinski definition) is 1. The Kier molecular flexibility index (Phi) is 5.64. The number of halogens is 2. The predicted octanol–water partition coefficient (Wildman–Crippen LogP) is 5.52. The van der Waals surface area contributed by atoms with Crippen LogP contribution in [0.3, 0.4) is 0 Å². The third-order valence-electron chi connectivity index (χ3n) is 3.50. The first kappa shape index (κ1) is 15.6. The van der Waals surface area contributed by atoms with E-state index in [2.05, 4.69) is 59.4 Å². The van der Waals surface area contributed by atoms with E-state index in [9.17, 15) is 0 Å². The predicted molar refractivity (Wildman–Crippen MR) is 90.2 cm³/mol. The summed E-state index contributed by atoms with van der Waals surface area (Å²) >= 11 is 9.65. The van der Waals surface area contributed by atoms with Crippen LogP contribution in [0.25, 0.3) is 0 Å². The summed E-state index contributed by atoms with van der Waals surface area (Å²) in [5, 5.41) is 4.31. The Morgan fingerprint density at radius 3 is 2.45 bits per heavy atom. The van der Waals surface area contributed by atoms with E-state index in [-0.39, 0.29) is 0 Å².